The standard InChI is InChI=1S/C14H11FN2O2S/c1-20(18,19)13-7-6-9(15)8-10(13)14-16-11-4-2-3-5-12(11)17-14/h2-8H,1H3,(H,16,17). The van der Waals surface area contributed by atoms with E-state index in [0.29, 0.717) is 11.3 Å². The molecule has 0 atom stereocenters. The lowest BCUT2D eigenvalue weighted by molar-refractivity contribution is 0.600. The molecule has 1 aromatic heterocycles. The van der Waals surface area contributed by atoms with Gasteiger partial charge in [-0.15, -0.1) is 0 Å². The molecule has 0 aliphatic carbocycles. The molecule has 3 rings (SSSR count). The topological polar surface area (TPSA) is 62.8 Å². The van der Waals surface area contributed by atoms with Gasteiger partial charge in [0.1, 0.15) is 11.6 Å². The summed E-state index contributed by atoms with van der Waals surface area (Å²) in [7, 11) is -3.46. The minimum absolute atomic E-state index is 0.0537. The quantitative estimate of drug-likeness (QED) is 0.738. The number of imidazole rings is 1. The lowest BCUT2D eigenvalue weighted by atomic mass is 10.2. The second kappa shape index (κ2) is 4.42. The van der Waals surface area contributed by atoms with E-state index in [2.05, 4.69) is 9.97 Å². The van der Waals surface area contributed by atoms with Gasteiger partial charge in [-0.3, -0.25) is 0 Å². The van der Waals surface area contributed by atoms with Crippen molar-refractivity contribution in [2.45, 2.75) is 4.90 Å². The van der Waals surface area contributed by atoms with Gasteiger partial charge in [0, 0.05) is 11.8 Å². The highest BCUT2D eigenvalue weighted by Gasteiger charge is 2.18. The van der Waals surface area contributed by atoms with E-state index >= 15 is 0 Å². The molecule has 0 fully saturated rings. The number of para-hydroxylation sites is 2. The first-order valence-electron chi connectivity index (χ1n) is 5.90. The number of nitrogens with zero attached hydrogens (tertiary/aromatic N) is 1. The number of benzene rings is 2. The summed E-state index contributed by atoms with van der Waals surface area (Å²) < 4.78 is 37.0. The van der Waals surface area contributed by atoms with Crippen LogP contribution in [0.1, 0.15) is 0 Å². The molecule has 102 valence electrons. The molecule has 0 amide bonds. The monoisotopic (exact) mass is 290 g/mol. The fraction of sp³-hybridized carbons (Fsp3) is 0.0714. The van der Waals surface area contributed by atoms with Crippen molar-refractivity contribution in [2.75, 3.05) is 6.26 Å². The number of nitrogens with one attached hydrogen (secondary N) is 1. The summed E-state index contributed by atoms with van der Waals surface area (Å²) in [5, 5.41) is 0. The molecule has 2 aromatic carbocycles. The molecule has 6 heteroatoms. The number of fused-ring (bicyclic) bond motifs is 1. The van der Waals surface area contributed by atoms with E-state index in [0.717, 1.165) is 17.8 Å². The van der Waals surface area contributed by atoms with Gasteiger partial charge in [-0.2, -0.15) is 0 Å². The number of aromatic amines is 1. The van der Waals surface area contributed by atoms with Crippen LogP contribution in [0.3, 0.4) is 0 Å². The molecule has 1 N–H and O–H groups in total. The first-order chi connectivity index (χ1) is 9.45. The van der Waals surface area contributed by atoms with Crippen LogP contribution in [0.2, 0.25) is 0 Å². The van der Waals surface area contributed by atoms with Crippen LogP contribution in [0, 0.1) is 5.82 Å². The van der Waals surface area contributed by atoms with E-state index in [1.165, 1.54) is 12.1 Å². The van der Waals surface area contributed by atoms with Gasteiger partial charge in [0.2, 0.25) is 0 Å². The maximum atomic E-state index is 13.4. The van der Waals surface area contributed by atoms with Gasteiger partial charge in [-0.1, -0.05) is 12.1 Å². The Morgan fingerprint density at radius 2 is 1.90 bits per heavy atom. The Kier molecular flexibility index (Phi) is 2.83. The third kappa shape index (κ3) is 2.18. The average molecular weight is 290 g/mol. The van der Waals surface area contributed by atoms with E-state index in [1.807, 2.05) is 18.2 Å². The third-order valence-electron chi connectivity index (χ3n) is 2.99. The molecule has 0 aliphatic heterocycles. The fourth-order valence-electron chi connectivity index (χ4n) is 2.09. The minimum Gasteiger partial charge on any atom is -0.338 e. The van der Waals surface area contributed by atoms with Crippen LogP contribution in [0.15, 0.2) is 47.4 Å². The molecule has 20 heavy (non-hydrogen) atoms. The van der Waals surface area contributed by atoms with Crippen molar-refractivity contribution in [3.8, 4) is 11.4 Å². The van der Waals surface area contributed by atoms with Crippen molar-refractivity contribution in [3.63, 3.8) is 0 Å². The zero-order chi connectivity index (χ0) is 14.3. The molecular weight excluding hydrogens is 279 g/mol. The van der Waals surface area contributed by atoms with Crippen molar-refractivity contribution in [1.29, 1.82) is 0 Å². The lowest BCUT2D eigenvalue weighted by Gasteiger charge is -2.05. The number of hydrogen-bond donors (Lipinski definition) is 1. The largest absolute Gasteiger partial charge is 0.338 e. The Morgan fingerprint density at radius 1 is 1.15 bits per heavy atom. The SMILES string of the molecule is CS(=O)(=O)c1ccc(F)cc1-c1nc2ccccc2[nH]1. The molecule has 0 saturated heterocycles. The van der Waals surface area contributed by atoms with E-state index in [9.17, 15) is 12.8 Å². The molecule has 1 heterocycles. The Labute approximate surface area is 115 Å². The van der Waals surface area contributed by atoms with Gasteiger partial charge >= 0.3 is 0 Å². The Bertz CT molecular complexity index is 867. The summed E-state index contributed by atoms with van der Waals surface area (Å²) >= 11 is 0. The summed E-state index contributed by atoms with van der Waals surface area (Å²) in [4.78, 5) is 7.37. The summed E-state index contributed by atoms with van der Waals surface area (Å²) in [6, 6.07) is 10.9. The molecule has 0 spiro atoms. The minimum atomic E-state index is -3.46. The van der Waals surface area contributed by atoms with Crippen molar-refractivity contribution in [3.05, 3.63) is 48.3 Å². The van der Waals surface area contributed by atoms with Crippen LogP contribution in [-0.2, 0) is 9.84 Å². The van der Waals surface area contributed by atoms with Gasteiger partial charge in [0.25, 0.3) is 0 Å². The summed E-state index contributed by atoms with van der Waals surface area (Å²) in [5.74, 6) is -0.168. The highest BCUT2D eigenvalue weighted by Crippen LogP contribution is 2.27. The molecule has 0 bridgehead atoms. The Hall–Kier alpha value is -2.21. The maximum absolute atomic E-state index is 13.4. The molecule has 3 aromatic rings. The fourth-order valence-corrected chi connectivity index (χ4v) is 2.96. The predicted octanol–water partition coefficient (Wildman–Crippen LogP) is 2.77. The van der Waals surface area contributed by atoms with E-state index < -0.39 is 15.7 Å². The number of rotatable bonds is 2. The third-order valence-corrected chi connectivity index (χ3v) is 4.14. The van der Waals surface area contributed by atoms with Crippen LogP contribution in [-0.4, -0.2) is 24.6 Å². The number of halogens is 1. The molecule has 0 radical (unpaired) electrons. The predicted molar refractivity (Wildman–Crippen MR) is 74.6 cm³/mol. The maximum Gasteiger partial charge on any atom is 0.176 e. The van der Waals surface area contributed by atoms with Crippen molar-refractivity contribution in [2.24, 2.45) is 0 Å². The highest BCUT2D eigenvalue weighted by molar-refractivity contribution is 7.90. The van der Waals surface area contributed by atoms with Gasteiger partial charge in [0.15, 0.2) is 9.84 Å². The summed E-state index contributed by atoms with van der Waals surface area (Å²) in [6.45, 7) is 0. The molecule has 4 nitrogen and oxygen atoms in total. The molecular formula is C14H11FN2O2S. The van der Waals surface area contributed by atoms with Crippen molar-refractivity contribution >= 4 is 20.9 Å². The van der Waals surface area contributed by atoms with Gasteiger partial charge in [-0.05, 0) is 30.3 Å². The van der Waals surface area contributed by atoms with E-state index in [1.54, 1.807) is 6.07 Å². The van der Waals surface area contributed by atoms with Gasteiger partial charge in [0.05, 0.1) is 15.9 Å². The van der Waals surface area contributed by atoms with Gasteiger partial charge < -0.3 is 4.98 Å². The Balaban J connectivity index is 2.30. The van der Waals surface area contributed by atoms with E-state index in [4.69, 9.17) is 0 Å². The van der Waals surface area contributed by atoms with Crippen molar-refractivity contribution in [1.82, 2.24) is 9.97 Å². The van der Waals surface area contributed by atoms with Crippen LogP contribution < -0.4 is 0 Å². The number of hydrogen-bond acceptors (Lipinski definition) is 3. The number of sulfone groups is 1. The second-order valence-corrected chi connectivity index (χ2v) is 6.50. The molecule has 0 aliphatic rings. The number of H-pyrrole nitrogens is 1. The first-order valence-corrected chi connectivity index (χ1v) is 7.79. The zero-order valence-corrected chi connectivity index (χ0v) is 11.4. The van der Waals surface area contributed by atoms with Gasteiger partial charge in [-0.25, -0.2) is 17.8 Å². The highest BCUT2D eigenvalue weighted by atomic mass is 32.2. The molecule has 0 saturated carbocycles. The molecule has 0 unspecified atom stereocenters. The normalized spacial score (nSPS) is 11.9. The lowest BCUT2D eigenvalue weighted by Crippen LogP contribution is -2.01. The van der Waals surface area contributed by atoms with Crippen molar-refractivity contribution < 1.29 is 12.8 Å². The smallest absolute Gasteiger partial charge is 0.176 e. The summed E-state index contributed by atoms with van der Waals surface area (Å²) in [5.41, 5.74) is 1.71. The number of aromatic nitrogens is 2. The average Bonchev–Trinajstić information content (AvgIpc) is 2.80. The zero-order valence-electron chi connectivity index (χ0n) is 10.6. The summed E-state index contributed by atoms with van der Waals surface area (Å²) in [6.07, 6.45) is 1.09. The van der Waals surface area contributed by atoms with Crippen LogP contribution in [0.5, 0.6) is 0 Å². The van der Waals surface area contributed by atoms with E-state index in [-0.39, 0.29) is 10.5 Å². The van der Waals surface area contributed by atoms with Crippen LogP contribution in [0.4, 0.5) is 4.39 Å². The van der Waals surface area contributed by atoms with Crippen LogP contribution >= 0.6 is 0 Å². The Morgan fingerprint density at radius 3 is 2.60 bits per heavy atom. The second-order valence-electron chi connectivity index (χ2n) is 4.52. The van der Waals surface area contributed by atoms with Crippen LogP contribution in [0.25, 0.3) is 22.4 Å². The first kappa shape index (κ1) is 12.8.